The summed E-state index contributed by atoms with van der Waals surface area (Å²) in [6.07, 6.45) is 3.28. The molecule has 1 N–H and O–H groups in total. The van der Waals surface area contributed by atoms with Crippen LogP contribution in [0.15, 0.2) is 29.6 Å². The summed E-state index contributed by atoms with van der Waals surface area (Å²) in [5.41, 5.74) is 2.00. The van der Waals surface area contributed by atoms with Crippen LogP contribution in [0.3, 0.4) is 0 Å². The smallest absolute Gasteiger partial charge is 0.287 e. The van der Waals surface area contributed by atoms with E-state index in [0.29, 0.717) is 0 Å². The van der Waals surface area contributed by atoms with Crippen LogP contribution in [0.2, 0.25) is 0 Å². The Labute approximate surface area is 126 Å². The van der Waals surface area contributed by atoms with Crippen LogP contribution in [0, 0.1) is 21.4 Å². The van der Waals surface area contributed by atoms with Crippen molar-refractivity contribution in [2.24, 2.45) is 0 Å². The number of fused-ring (bicyclic) bond motifs is 1. The lowest BCUT2D eigenvalue weighted by Crippen LogP contribution is -2.15. The van der Waals surface area contributed by atoms with Gasteiger partial charge in [-0.3, -0.25) is 10.1 Å². The van der Waals surface area contributed by atoms with E-state index in [1.165, 1.54) is 16.5 Å². The topological polar surface area (TPSA) is 79.0 Å². The standard InChI is InChI=1S/C15H13N3O2S/c16-9-10-8-11(4-5-14(10)18(19)20)17-13-2-1-3-15-12(13)6-7-21-15/h4-8,13,17H,1-3H2. The summed E-state index contributed by atoms with van der Waals surface area (Å²) < 4.78 is 0. The average molecular weight is 299 g/mol. The Balaban J connectivity index is 1.87. The molecule has 21 heavy (non-hydrogen) atoms. The number of anilines is 1. The van der Waals surface area contributed by atoms with Crippen LogP contribution in [0.4, 0.5) is 11.4 Å². The second-order valence-corrected chi connectivity index (χ2v) is 5.99. The summed E-state index contributed by atoms with van der Waals surface area (Å²) in [4.78, 5) is 11.7. The molecule has 1 aliphatic rings. The van der Waals surface area contributed by atoms with Gasteiger partial charge in [0.15, 0.2) is 0 Å². The SMILES string of the molecule is N#Cc1cc(NC2CCCc3sccc32)ccc1[N+](=O)[O-]. The quantitative estimate of drug-likeness (QED) is 0.685. The van der Waals surface area contributed by atoms with E-state index in [0.717, 1.165) is 24.9 Å². The third kappa shape index (κ3) is 2.60. The minimum absolute atomic E-state index is 0.0892. The van der Waals surface area contributed by atoms with Crippen LogP contribution in [0.25, 0.3) is 0 Å². The van der Waals surface area contributed by atoms with Crippen molar-refractivity contribution >= 4 is 22.7 Å². The lowest BCUT2D eigenvalue weighted by molar-refractivity contribution is -0.385. The zero-order valence-electron chi connectivity index (χ0n) is 11.2. The van der Waals surface area contributed by atoms with Crippen LogP contribution in [-0.2, 0) is 6.42 Å². The van der Waals surface area contributed by atoms with Crippen molar-refractivity contribution in [3.05, 3.63) is 55.8 Å². The Hall–Kier alpha value is -2.39. The van der Waals surface area contributed by atoms with E-state index >= 15 is 0 Å². The van der Waals surface area contributed by atoms with E-state index in [1.54, 1.807) is 23.5 Å². The number of nitrogens with one attached hydrogen (secondary N) is 1. The van der Waals surface area contributed by atoms with Crippen LogP contribution in [0.1, 0.15) is 34.9 Å². The number of hydrogen-bond acceptors (Lipinski definition) is 5. The monoisotopic (exact) mass is 299 g/mol. The van der Waals surface area contributed by atoms with Crippen LogP contribution in [-0.4, -0.2) is 4.92 Å². The molecule has 5 nitrogen and oxygen atoms in total. The van der Waals surface area contributed by atoms with Gasteiger partial charge in [0.25, 0.3) is 5.69 Å². The van der Waals surface area contributed by atoms with Gasteiger partial charge in [0.05, 0.1) is 11.0 Å². The number of nitro groups is 1. The molecule has 0 radical (unpaired) electrons. The zero-order valence-corrected chi connectivity index (χ0v) is 12.0. The van der Waals surface area contributed by atoms with Crippen molar-refractivity contribution in [2.45, 2.75) is 25.3 Å². The normalized spacial score (nSPS) is 16.8. The number of nitriles is 1. The number of aryl methyl sites for hydroxylation is 1. The van der Waals surface area contributed by atoms with E-state index in [1.807, 2.05) is 6.07 Å². The number of rotatable bonds is 3. The minimum Gasteiger partial charge on any atom is -0.378 e. The number of thiophene rings is 1. The Bertz CT molecular complexity index is 733. The fourth-order valence-corrected chi connectivity index (χ4v) is 3.70. The van der Waals surface area contributed by atoms with Gasteiger partial charge in [0.1, 0.15) is 11.6 Å². The lowest BCUT2D eigenvalue weighted by Gasteiger charge is -2.24. The molecule has 1 heterocycles. The van der Waals surface area contributed by atoms with Gasteiger partial charge in [-0.1, -0.05) is 0 Å². The maximum Gasteiger partial charge on any atom is 0.287 e. The largest absolute Gasteiger partial charge is 0.378 e. The average Bonchev–Trinajstić information content (AvgIpc) is 2.96. The highest BCUT2D eigenvalue weighted by Crippen LogP contribution is 2.36. The highest BCUT2D eigenvalue weighted by molar-refractivity contribution is 7.10. The fraction of sp³-hybridized carbons (Fsp3) is 0.267. The first-order chi connectivity index (χ1) is 10.2. The van der Waals surface area contributed by atoms with Gasteiger partial charge in [-0.2, -0.15) is 5.26 Å². The first-order valence-electron chi connectivity index (χ1n) is 6.70. The maximum atomic E-state index is 10.8. The molecule has 1 atom stereocenters. The lowest BCUT2D eigenvalue weighted by atomic mass is 9.94. The second kappa shape index (κ2) is 5.54. The molecule has 6 heteroatoms. The van der Waals surface area contributed by atoms with Crippen molar-refractivity contribution in [3.8, 4) is 6.07 Å². The summed E-state index contributed by atoms with van der Waals surface area (Å²) in [6.45, 7) is 0. The summed E-state index contributed by atoms with van der Waals surface area (Å²) >= 11 is 1.77. The minimum atomic E-state index is -0.528. The Kier molecular flexibility index (Phi) is 3.59. The zero-order chi connectivity index (χ0) is 14.8. The molecule has 1 unspecified atom stereocenters. The molecular formula is C15H13N3O2S. The van der Waals surface area contributed by atoms with E-state index in [2.05, 4.69) is 16.8 Å². The van der Waals surface area contributed by atoms with Crippen molar-refractivity contribution in [1.82, 2.24) is 0 Å². The highest BCUT2D eigenvalue weighted by Gasteiger charge is 2.22. The molecule has 0 aliphatic heterocycles. The molecule has 3 rings (SSSR count). The molecule has 0 bridgehead atoms. The van der Waals surface area contributed by atoms with Crippen molar-refractivity contribution in [3.63, 3.8) is 0 Å². The summed E-state index contributed by atoms with van der Waals surface area (Å²) in [5, 5.41) is 25.4. The van der Waals surface area contributed by atoms with Crippen molar-refractivity contribution < 1.29 is 4.92 Å². The molecule has 1 aromatic heterocycles. The summed E-state index contributed by atoms with van der Waals surface area (Å²) in [6, 6.07) is 8.84. The molecule has 1 aliphatic carbocycles. The Morgan fingerprint density at radius 1 is 1.43 bits per heavy atom. The van der Waals surface area contributed by atoms with Crippen LogP contribution in [0.5, 0.6) is 0 Å². The van der Waals surface area contributed by atoms with E-state index < -0.39 is 4.92 Å². The van der Waals surface area contributed by atoms with Gasteiger partial charge < -0.3 is 5.32 Å². The van der Waals surface area contributed by atoms with Gasteiger partial charge >= 0.3 is 0 Å². The van der Waals surface area contributed by atoms with Crippen LogP contribution < -0.4 is 5.32 Å². The van der Waals surface area contributed by atoms with E-state index in [4.69, 9.17) is 5.26 Å². The van der Waals surface area contributed by atoms with Gasteiger partial charge in [-0.15, -0.1) is 11.3 Å². The Morgan fingerprint density at radius 2 is 2.29 bits per heavy atom. The number of benzene rings is 1. The molecular weight excluding hydrogens is 286 g/mol. The highest BCUT2D eigenvalue weighted by atomic mass is 32.1. The number of nitrogens with zero attached hydrogens (tertiary/aromatic N) is 2. The molecule has 1 aromatic carbocycles. The number of hydrogen-bond donors (Lipinski definition) is 1. The van der Waals surface area contributed by atoms with Crippen LogP contribution >= 0.6 is 11.3 Å². The second-order valence-electron chi connectivity index (χ2n) is 4.99. The number of nitro benzene ring substituents is 1. The van der Waals surface area contributed by atoms with Gasteiger partial charge in [0, 0.05) is 16.6 Å². The van der Waals surface area contributed by atoms with Gasteiger partial charge in [-0.25, -0.2) is 0 Å². The van der Waals surface area contributed by atoms with Gasteiger partial charge in [0.2, 0.25) is 0 Å². The third-order valence-electron chi connectivity index (χ3n) is 3.71. The molecule has 0 amide bonds. The fourth-order valence-electron chi connectivity index (χ4n) is 2.71. The predicted molar refractivity (Wildman–Crippen MR) is 81.4 cm³/mol. The molecule has 0 fully saturated rings. The van der Waals surface area contributed by atoms with Gasteiger partial charge in [-0.05, 0) is 48.4 Å². The molecule has 0 spiro atoms. The van der Waals surface area contributed by atoms with Crippen molar-refractivity contribution in [1.29, 1.82) is 5.26 Å². The first kappa shape index (κ1) is 13.6. The third-order valence-corrected chi connectivity index (χ3v) is 4.70. The molecule has 106 valence electrons. The Morgan fingerprint density at radius 3 is 3.05 bits per heavy atom. The van der Waals surface area contributed by atoms with E-state index in [9.17, 15) is 10.1 Å². The van der Waals surface area contributed by atoms with Crippen molar-refractivity contribution in [2.75, 3.05) is 5.32 Å². The summed E-state index contributed by atoms with van der Waals surface area (Å²) in [5.74, 6) is 0. The first-order valence-corrected chi connectivity index (χ1v) is 7.58. The molecule has 0 saturated heterocycles. The van der Waals surface area contributed by atoms with E-state index in [-0.39, 0.29) is 17.3 Å². The summed E-state index contributed by atoms with van der Waals surface area (Å²) in [7, 11) is 0. The molecule has 0 saturated carbocycles. The molecule has 2 aromatic rings. The maximum absolute atomic E-state index is 10.8. The predicted octanol–water partition coefficient (Wildman–Crippen LogP) is 4.02.